The summed E-state index contributed by atoms with van der Waals surface area (Å²) in [6.07, 6.45) is 3.53. The molecule has 4 N–H and O–H groups in total. The summed E-state index contributed by atoms with van der Waals surface area (Å²) < 4.78 is 0. The third-order valence-electron chi connectivity index (χ3n) is 3.12. The molecule has 4 nitrogen and oxygen atoms in total. The van der Waals surface area contributed by atoms with Gasteiger partial charge in [-0.15, -0.1) is 0 Å². The molecule has 0 aromatic heterocycles. The summed E-state index contributed by atoms with van der Waals surface area (Å²) in [5, 5.41) is 11.9. The molecular weight excluding hydrogens is 216 g/mol. The van der Waals surface area contributed by atoms with E-state index in [9.17, 15) is 4.79 Å². The number of carbonyl (C=O) groups is 1. The van der Waals surface area contributed by atoms with Gasteiger partial charge in [0.1, 0.15) is 0 Å². The van der Waals surface area contributed by atoms with Gasteiger partial charge in [-0.2, -0.15) is 0 Å². The van der Waals surface area contributed by atoms with Crippen molar-refractivity contribution in [1.82, 2.24) is 5.32 Å². The maximum absolute atomic E-state index is 11.6. The first kappa shape index (κ1) is 16.4. The van der Waals surface area contributed by atoms with E-state index in [1.54, 1.807) is 0 Å². The number of rotatable bonds is 9. The lowest BCUT2D eigenvalue weighted by Crippen LogP contribution is -2.36. The topological polar surface area (TPSA) is 75.4 Å². The van der Waals surface area contributed by atoms with Gasteiger partial charge >= 0.3 is 0 Å². The number of amides is 1. The Hall–Kier alpha value is -0.610. The van der Waals surface area contributed by atoms with Gasteiger partial charge in [-0.25, -0.2) is 0 Å². The Bertz CT molecular complexity index is 217. The van der Waals surface area contributed by atoms with Gasteiger partial charge in [-0.05, 0) is 25.3 Å². The van der Waals surface area contributed by atoms with Gasteiger partial charge in [0.05, 0.1) is 0 Å². The number of hydrogen-bond acceptors (Lipinski definition) is 3. The average Bonchev–Trinajstić information content (AvgIpc) is 2.32. The second kappa shape index (κ2) is 8.48. The first-order valence-corrected chi connectivity index (χ1v) is 6.52. The Morgan fingerprint density at radius 2 is 2.06 bits per heavy atom. The minimum absolute atomic E-state index is 0.0713. The fourth-order valence-electron chi connectivity index (χ4n) is 1.61. The zero-order valence-electron chi connectivity index (χ0n) is 11.5. The van der Waals surface area contributed by atoms with E-state index in [0.29, 0.717) is 25.4 Å². The molecule has 0 saturated heterocycles. The van der Waals surface area contributed by atoms with Crippen LogP contribution < -0.4 is 11.1 Å². The van der Waals surface area contributed by atoms with E-state index in [0.717, 1.165) is 19.3 Å². The Kier molecular flexibility index (Phi) is 8.17. The van der Waals surface area contributed by atoms with Crippen LogP contribution in [0.3, 0.4) is 0 Å². The Morgan fingerprint density at radius 1 is 1.41 bits per heavy atom. The van der Waals surface area contributed by atoms with E-state index in [4.69, 9.17) is 10.8 Å². The second-order valence-corrected chi connectivity index (χ2v) is 5.49. The Balaban J connectivity index is 3.79. The van der Waals surface area contributed by atoms with Gasteiger partial charge in [-0.1, -0.05) is 27.2 Å². The zero-order chi connectivity index (χ0) is 13.3. The normalized spacial score (nSPS) is 13.5. The number of hydrogen-bond donors (Lipinski definition) is 3. The molecule has 1 unspecified atom stereocenters. The lowest BCUT2D eigenvalue weighted by molar-refractivity contribution is -0.121. The smallest absolute Gasteiger partial charge is 0.220 e. The van der Waals surface area contributed by atoms with Crippen LogP contribution in [0.2, 0.25) is 0 Å². The molecule has 0 aliphatic rings. The van der Waals surface area contributed by atoms with Gasteiger partial charge in [0.25, 0.3) is 0 Å². The molecule has 0 aromatic carbocycles. The summed E-state index contributed by atoms with van der Waals surface area (Å²) in [6, 6.07) is 0. The number of aliphatic hydroxyl groups excluding tert-OH is 1. The van der Waals surface area contributed by atoms with Gasteiger partial charge in [0.2, 0.25) is 5.91 Å². The van der Waals surface area contributed by atoms with Crippen LogP contribution in [-0.4, -0.2) is 30.7 Å². The number of aliphatic hydroxyl groups is 1. The summed E-state index contributed by atoms with van der Waals surface area (Å²) >= 11 is 0. The molecular formula is C13H28N2O2. The van der Waals surface area contributed by atoms with Crippen LogP contribution in [0.25, 0.3) is 0 Å². The molecule has 0 aromatic rings. The lowest BCUT2D eigenvalue weighted by atomic mass is 9.94. The van der Waals surface area contributed by atoms with Crippen molar-refractivity contribution in [3.8, 4) is 0 Å². The van der Waals surface area contributed by atoms with Crippen molar-refractivity contribution in [2.45, 2.75) is 46.5 Å². The number of nitrogens with one attached hydrogen (secondary N) is 1. The molecule has 0 aliphatic carbocycles. The molecule has 0 saturated carbocycles. The summed E-state index contributed by atoms with van der Waals surface area (Å²) in [5.74, 6) is 0.624. The number of nitrogens with two attached hydrogens (primary N) is 1. The van der Waals surface area contributed by atoms with E-state index in [1.165, 1.54) is 0 Å². The molecule has 0 rings (SSSR count). The standard InChI is InChI=1S/C13H28N2O2/c1-4-11(7-8-14)5-6-12(17)15-9-13(2,3)10-16/h11,16H,4-10,14H2,1-3H3,(H,15,17). The van der Waals surface area contributed by atoms with Crippen molar-refractivity contribution >= 4 is 5.91 Å². The largest absolute Gasteiger partial charge is 0.396 e. The molecule has 0 heterocycles. The molecule has 17 heavy (non-hydrogen) atoms. The molecule has 1 amide bonds. The third kappa shape index (κ3) is 8.16. The summed E-state index contributed by atoms with van der Waals surface area (Å²) in [5.41, 5.74) is 5.28. The Labute approximate surface area is 105 Å². The van der Waals surface area contributed by atoms with Crippen LogP contribution in [0.5, 0.6) is 0 Å². The lowest BCUT2D eigenvalue weighted by Gasteiger charge is -2.22. The van der Waals surface area contributed by atoms with Crippen LogP contribution in [0, 0.1) is 11.3 Å². The first-order chi connectivity index (χ1) is 7.95. The predicted octanol–water partition coefficient (Wildman–Crippen LogP) is 1.28. The van der Waals surface area contributed by atoms with Crippen molar-refractivity contribution in [1.29, 1.82) is 0 Å². The van der Waals surface area contributed by atoms with Crippen LogP contribution >= 0.6 is 0 Å². The summed E-state index contributed by atoms with van der Waals surface area (Å²) in [4.78, 5) is 11.6. The molecule has 102 valence electrons. The van der Waals surface area contributed by atoms with Crippen LogP contribution in [0.1, 0.15) is 46.5 Å². The molecule has 1 atom stereocenters. The van der Waals surface area contributed by atoms with Crippen molar-refractivity contribution in [2.75, 3.05) is 19.7 Å². The zero-order valence-corrected chi connectivity index (χ0v) is 11.5. The molecule has 0 bridgehead atoms. The van der Waals surface area contributed by atoms with E-state index in [-0.39, 0.29) is 17.9 Å². The number of carbonyl (C=O) groups excluding carboxylic acids is 1. The molecule has 0 aliphatic heterocycles. The maximum Gasteiger partial charge on any atom is 0.220 e. The van der Waals surface area contributed by atoms with Crippen molar-refractivity contribution in [3.05, 3.63) is 0 Å². The SMILES string of the molecule is CCC(CCN)CCC(=O)NCC(C)(C)CO. The van der Waals surface area contributed by atoms with Gasteiger partial charge < -0.3 is 16.2 Å². The van der Waals surface area contributed by atoms with E-state index in [2.05, 4.69) is 12.2 Å². The third-order valence-corrected chi connectivity index (χ3v) is 3.12. The van der Waals surface area contributed by atoms with Crippen LogP contribution in [-0.2, 0) is 4.79 Å². The maximum atomic E-state index is 11.6. The first-order valence-electron chi connectivity index (χ1n) is 6.52. The minimum atomic E-state index is -0.239. The highest BCUT2D eigenvalue weighted by molar-refractivity contribution is 5.75. The van der Waals surface area contributed by atoms with Crippen LogP contribution in [0.15, 0.2) is 0 Å². The fraction of sp³-hybridized carbons (Fsp3) is 0.923. The molecule has 0 spiro atoms. The monoisotopic (exact) mass is 244 g/mol. The summed E-state index contributed by atoms with van der Waals surface area (Å²) in [6.45, 7) is 7.28. The van der Waals surface area contributed by atoms with Gasteiger partial charge in [0.15, 0.2) is 0 Å². The molecule has 0 radical (unpaired) electrons. The quantitative estimate of drug-likeness (QED) is 0.572. The predicted molar refractivity (Wildman–Crippen MR) is 70.6 cm³/mol. The molecule has 0 fully saturated rings. The highest BCUT2D eigenvalue weighted by Crippen LogP contribution is 2.15. The highest BCUT2D eigenvalue weighted by Gasteiger charge is 2.17. The fourth-order valence-corrected chi connectivity index (χ4v) is 1.61. The van der Waals surface area contributed by atoms with Crippen molar-refractivity contribution < 1.29 is 9.90 Å². The van der Waals surface area contributed by atoms with Crippen molar-refractivity contribution in [3.63, 3.8) is 0 Å². The minimum Gasteiger partial charge on any atom is -0.396 e. The van der Waals surface area contributed by atoms with Crippen LogP contribution in [0.4, 0.5) is 0 Å². The van der Waals surface area contributed by atoms with Crippen molar-refractivity contribution in [2.24, 2.45) is 17.1 Å². The van der Waals surface area contributed by atoms with E-state index in [1.807, 2.05) is 13.8 Å². The Morgan fingerprint density at radius 3 is 2.53 bits per heavy atom. The second-order valence-electron chi connectivity index (χ2n) is 5.49. The summed E-state index contributed by atoms with van der Waals surface area (Å²) in [7, 11) is 0. The highest BCUT2D eigenvalue weighted by atomic mass is 16.3. The van der Waals surface area contributed by atoms with E-state index >= 15 is 0 Å². The molecule has 4 heteroatoms. The van der Waals surface area contributed by atoms with E-state index < -0.39 is 0 Å². The van der Waals surface area contributed by atoms with Gasteiger partial charge in [0, 0.05) is 25.0 Å². The average molecular weight is 244 g/mol. The van der Waals surface area contributed by atoms with Gasteiger partial charge in [-0.3, -0.25) is 4.79 Å².